The van der Waals surface area contributed by atoms with Crippen LogP contribution in [0.3, 0.4) is 0 Å². The van der Waals surface area contributed by atoms with Gasteiger partial charge in [0.2, 0.25) is 0 Å². The van der Waals surface area contributed by atoms with Gasteiger partial charge in [0.15, 0.2) is 0 Å². The van der Waals surface area contributed by atoms with E-state index >= 15 is 0 Å². The highest BCUT2D eigenvalue weighted by Crippen LogP contribution is 2.34. The van der Waals surface area contributed by atoms with Crippen molar-refractivity contribution in [3.8, 4) is 16.9 Å². The Kier molecular flexibility index (Phi) is 6.19. The van der Waals surface area contributed by atoms with E-state index in [-0.39, 0.29) is 10.8 Å². The van der Waals surface area contributed by atoms with E-state index in [0.717, 1.165) is 19.4 Å². The molecule has 1 aliphatic heterocycles. The molecule has 7 heteroatoms. The van der Waals surface area contributed by atoms with Gasteiger partial charge in [-0.05, 0) is 68.8 Å². The lowest BCUT2D eigenvalue weighted by Crippen LogP contribution is -2.27. The summed E-state index contributed by atoms with van der Waals surface area (Å²) < 4.78 is 19.0. The Labute approximate surface area is 162 Å². The molecular formula is C20H22ClFN2O3. The third-order valence-corrected chi connectivity index (χ3v) is 5.14. The van der Waals surface area contributed by atoms with Gasteiger partial charge in [-0.15, -0.1) is 0 Å². The molecule has 5 nitrogen and oxygen atoms in total. The summed E-state index contributed by atoms with van der Waals surface area (Å²) in [6, 6.07) is 9.00. The predicted octanol–water partition coefficient (Wildman–Crippen LogP) is 4.88. The monoisotopic (exact) mass is 392 g/mol. The number of aromatic hydroxyl groups is 1. The zero-order valence-corrected chi connectivity index (χ0v) is 15.8. The van der Waals surface area contributed by atoms with Gasteiger partial charge < -0.3 is 14.7 Å². The average Bonchev–Trinajstić information content (AvgIpc) is 3.04. The lowest BCUT2D eigenvalue weighted by molar-refractivity contribution is 0.147. The molecule has 2 aromatic carbocycles. The molecule has 1 saturated heterocycles. The molecule has 0 spiro atoms. The van der Waals surface area contributed by atoms with Crippen molar-refractivity contribution in [2.45, 2.75) is 25.3 Å². The van der Waals surface area contributed by atoms with Gasteiger partial charge >= 0.3 is 6.09 Å². The molecule has 0 saturated carbocycles. The summed E-state index contributed by atoms with van der Waals surface area (Å²) >= 11 is 5.94. The van der Waals surface area contributed by atoms with E-state index < -0.39 is 11.9 Å². The fraction of sp³-hybridized carbons (Fsp3) is 0.350. The van der Waals surface area contributed by atoms with Gasteiger partial charge in [0.1, 0.15) is 11.6 Å². The van der Waals surface area contributed by atoms with E-state index in [0.29, 0.717) is 29.5 Å². The Balaban J connectivity index is 1.67. The van der Waals surface area contributed by atoms with Gasteiger partial charge in [-0.3, -0.25) is 5.32 Å². The number of phenolic OH excluding ortho intramolecular Hbond substituents is 1. The molecule has 27 heavy (non-hydrogen) atoms. The number of hydrogen-bond acceptors (Lipinski definition) is 4. The smallest absolute Gasteiger partial charge is 0.411 e. The number of nitrogens with one attached hydrogen (secondary N) is 1. The minimum atomic E-state index is -0.589. The molecule has 0 bridgehead atoms. The molecule has 1 fully saturated rings. The van der Waals surface area contributed by atoms with Crippen LogP contribution in [0.2, 0.25) is 5.02 Å². The number of benzene rings is 2. The molecule has 3 rings (SSSR count). The zero-order chi connectivity index (χ0) is 19.4. The van der Waals surface area contributed by atoms with Crippen molar-refractivity contribution in [2.24, 2.45) is 0 Å². The summed E-state index contributed by atoms with van der Waals surface area (Å²) in [5.41, 5.74) is 1.42. The van der Waals surface area contributed by atoms with Crippen LogP contribution in [0, 0.1) is 5.82 Å². The van der Waals surface area contributed by atoms with Gasteiger partial charge in [-0.2, -0.15) is 0 Å². The predicted molar refractivity (Wildman–Crippen MR) is 104 cm³/mol. The summed E-state index contributed by atoms with van der Waals surface area (Å²) in [6.07, 6.45) is 2.48. The molecule has 1 atom stereocenters. The number of anilines is 1. The van der Waals surface area contributed by atoms with Crippen LogP contribution in [0.5, 0.6) is 5.75 Å². The third kappa shape index (κ3) is 4.90. The van der Waals surface area contributed by atoms with Crippen LogP contribution in [0.4, 0.5) is 14.9 Å². The van der Waals surface area contributed by atoms with Crippen molar-refractivity contribution < 1.29 is 19.0 Å². The normalized spacial score (nSPS) is 17.1. The summed E-state index contributed by atoms with van der Waals surface area (Å²) in [5, 5.41) is 12.4. The summed E-state index contributed by atoms with van der Waals surface area (Å²) in [4.78, 5) is 14.4. The minimum absolute atomic E-state index is 0.0670. The van der Waals surface area contributed by atoms with E-state index in [1.807, 2.05) is 0 Å². The van der Waals surface area contributed by atoms with Gasteiger partial charge in [-0.1, -0.05) is 17.7 Å². The van der Waals surface area contributed by atoms with Crippen molar-refractivity contribution in [3.63, 3.8) is 0 Å². The van der Waals surface area contributed by atoms with E-state index in [4.69, 9.17) is 16.3 Å². The molecule has 2 N–H and O–H groups in total. The molecule has 144 valence electrons. The number of carbonyl (C=O) groups is 1. The lowest BCUT2D eigenvalue weighted by Gasteiger charge is -2.19. The number of nitrogens with zero attached hydrogens (tertiary/aromatic N) is 1. The Morgan fingerprint density at radius 2 is 2.19 bits per heavy atom. The first-order chi connectivity index (χ1) is 12.9. The summed E-state index contributed by atoms with van der Waals surface area (Å²) in [6.45, 7) is 1.40. The maximum Gasteiger partial charge on any atom is 0.411 e. The van der Waals surface area contributed by atoms with Crippen molar-refractivity contribution in [1.29, 1.82) is 0 Å². The molecule has 0 aliphatic carbocycles. The summed E-state index contributed by atoms with van der Waals surface area (Å²) in [5.74, 6) is -0.514. The van der Waals surface area contributed by atoms with E-state index in [9.17, 15) is 14.3 Å². The Bertz CT molecular complexity index is 831. The summed E-state index contributed by atoms with van der Waals surface area (Å²) in [7, 11) is 2.07. The highest BCUT2D eigenvalue weighted by Gasteiger charge is 2.21. The standard InChI is InChI=1S/C20H22ClFN2O3/c1-24-9-2-3-15(24)8-10-27-20(26)23-18-6-5-14(22)12-16(18)13-4-7-19(25)17(21)11-13/h4-7,11-12,15,25H,2-3,8-10H2,1H3,(H,23,26). The Morgan fingerprint density at radius 1 is 1.37 bits per heavy atom. The fourth-order valence-electron chi connectivity index (χ4n) is 3.32. The van der Waals surface area contributed by atoms with E-state index in [2.05, 4.69) is 17.3 Å². The highest BCUT2D eigenvalue weighted by molar-refractivity contribution is 6.32. The molecule has 1 aliphatic rings. The lowest BCUT2D eigenvalue weighted by atomic mass is 10.0. The fourth-order valence-corrected chi connectivity index (χ4v) is 3.50. The van der Waals surface area contributed by atoms with Crippen molar-refractivity contribution >= 4 is 23.4 Å². The first-order valence-electron chi connectivity index (χ1n) is 8.86. The number of likely N-dealkylation sites (tertiary alicyclic amines) is 1. The average molecular weight is 393 g/mol. The number of amides is 1. The van der Waals surface area contributed by atoms with E-state index in [1.54, 1.807) is 6.07 Å². The van der Waals surface area contributed by atoms with Crippen LogP contribution in [0.25, 0.3) is 11.1 Å². The minimum Gasteiger partial charge on any atom is -0.506 e. The van der Waals surface area contributed by atoms with Crippen LogP contribution in [-0.4, -0.2) is 42.3 Å². The number of phenols is 1. The van der Waals surface area contributed by atoms with Crippen molar-refractivity contribution in [3.05, 3.63) is 47.2 Å². The van der Waals surface area contributed by atoms with Gasteiger partial charge in [-0.25, -0.2) is 9.18 Å². The Morgan fingerprint density at radius 3 is 2.89 bits per heavy atom. The van der Waals surface area contributed by atoms with Crippen LogP contribution in [-0.2, 0) is 4.74 Å². The highest BCUT2D eigenvalue weighted by atomic mass is 35.5. The maximum absolute atomic E-state index is 13.7. The quantitative estimate of drug-likeness (QED) is 0.760. The second-order valence-corrected chi connectivity index (χ2v) is 7.09. The first kappa shape index (κ1) is 19.5. The van der Waals surface area contributed by atoms with Crippen LogP contribution in [0.15, 0.2) is 36.4 Å². The second kappa shape index (κ2) is 8.59. The Hall–Kier alpha value is -2.31. The number of rotatable bonds is 5. The SMILES string of the molecule is CN1CCCC1CCOC(=O)Nc1ccc(F)cc1-c1ccc(O)c(Cl)c1. The van der Waals surface area contributed by atoms with Crippen molar-refractivity contribution in [2.75, 3.05) is 25.5 Å². The van der Waals surface area contributed by atoms with Crippen LogP contribution in [0.1, 0.15) is 19.3 Å². The van der Waals surface area contributed by atoms with Crippen LogP contribution >= 0.6 is 11.6 Å². The molecule has 0 radical (unpaired) electrons. The van der Waals surface area contributed by atoms with Gasteiger partial charge in [0.05, 0.1) is 17.3 Å². The number of halogens is 2. The molecule has 1 unspecified atom stereocenters. The van der Waals surface area contributed by atoms with Gasteiger partial charge in [0.25, 0.3) is 0 Å². The molecule has 2 aromatic rings. The number of carbonyl (C=O) groups excluding carboxylic acids is 1. The van der Waals surface area contributed by atoms with Crippen LogP contribution < -0.4 is 5.32 Å². The number of hydrogen-bond donors (Lipinski definition) is 2. The topological polar surface area (TPSA) is 61.8 Å². The zero-order valence-electron chi connectivity index (χ0n) is 15.0. The number of ether oxygens (including phenoxy) is 1. The maximum atomic E-state index is 13.7. The third-order valence-electron chi connectivity index (χ3n) is 4.83. The van der Waals surface area contributed by atoms with E-state index in [1.165, 1.54) is 36.8 Å². The molecule has 1 heterocycles. The largest absolute Gasteiger partial charge is 0.506 e. The molecule has 0 aromatic heterocycles. The second-order valence-electron chi connectivity index (χ2n) is 6.68. The first-order valence-corrected chi connectivity index (χ1v) is 9.24. The van der Waals surface area contributed by atoms with Crippen molar-refractivity contribution in [1.82, 2.24) is 4.90 Å². The van der Waals surface area contributed by atoms with Gasteiger partial charge in [0, 0.05) is 11.6 Å². The molecule has 1 amide bonds. The molecular weight excluding hydrogens is 371 g/mol.